The molecule has 0 amide bonds. The van der Waals surface area contributed by atoms with Gasteiger partial charge in [-0.25, -0.2) is 0 Å². The van der Waals surface area contributed by atoms with E-state index in [4.69, 9.17) is 16.9 Å². The molecule has 0 aromatic heterocycles. The third kappa shape index (κ3) is 2.42. The first-order valence-electron chi connectivity index (χ1n) is 4.07. The summed E-state index contributed by atoms with van der Waals surface area (Å²) in [5.41, 5.74) is -0.402. The van der Waals surface area contributed by atoms with Gasteiger partial charge in [0.2, 0.25) is 0 Å². The van der Waals surface area contributed by atoms with Gasteiger partial charge in [0.1, 0.15) is 0 Å². The number of benzene rings is 1. The van der Waals surface area contributed by atoms with Crippen molar-refractivity contribution in [2.75, 3.05) is 0 Å². The Kier molecular flexibility index (Phi) is 3.25. The van der Waals surface area contributed by atoms with Gasteiger partial charge in [-0.15, -0.1) is 11.6 Å². The standard InChI is InChI=1S/C10H7ClF3N/c1-6-8(4-11)2-7(5-15)3-9(6)10(12,13)14/h2-3H,4H2,1H3. The normalized spacial score (nSPS) is 11.2. The van der Waals surface area contributed by atoms with Crippen molar-refractivity contribution in [1.29, 1.82) is 5.26 Å². The van der Waals surface area contributed by atoms with Crippen molar-refractivity contribution < 1.29 is 13.2 Å². The summed E-state index contributed by atoms with van der Waals surface area (Å²) in [6, 6.07) is 3.89. The van der Waals surface area contributed by atoms with Gasteiger partial charge in [-0.05, 0) is 30.2 Å². The molecule has 1 aromatic rings. The maximum Gasteiger partial charge on any atom is 0.416 e. The fourth-order valence-corrected chi connectivity index (χ4v) is 1.55. The molecule has 0 heterocycles. The molecule has 0 aliphatic heterocycles. The van der Waals surface area contributed by atoms with Crippen LogP contribution in [-0.4, -0.2) is 0 Å². The first-order chi connectivity index (χ1) is 6.90. The number of hydrogen-bond donors (Lipinski definition) is 0. The highest BCUT2D eigenvalue weighted by atomic mass is 35.5. The molecule has 0 unspecified atom stereocenters. The first-order valence-corrected chi connectivity index (χ1v) is 4.60. The van der Waals surface area contributed by atoms with E-state index in [1.807, 2.05) is 0 Å². The lowest BCUT2D eigenvalue weighted by Crippen LogP contribution is -2.09. The monoisotopic (exact) mass is 233 g/mol. The highest BCUT2D eigenvalue weighted by Gasteiger charge is 2.33. The van der Waals surface area contributed by atoms with Crippen LogP contribution in [0.5, 0.6) is 0 Å². The van der Waals surface area contributed by atoms with Gasteiger partial charge in [0, 0.05) is 5.88 Å². The fourth-order valence-electron chi connectivity index (χ4n) is 1.27. The number of rotatable bonds is 1. The molecule has 0 aliphatic rings. The average molecular weight is 234 g/mol. The predicted octanol–water partition coefficient (Wildman–Crippen LogP) is 3.62. The van der Waals surface area contributed by atoms with Crippen LogP contribution in [0.4, 0.5) is 13.2 Å². The summed E-state index contributed by atoms with van der Waals surface area (Å²) in [6.45, 7) is 1.35. The Bertz CT molecular complexity index is 418. The van der Waals surface area contributed by atoms with Crippen LogP contribution in [0.2, 0.25) is 0 Å². The van der Waals surface area contributed by atoms with Crippen molar-refractivity contribution >= 4 is 11.6 Å². The van der Waals surface area contributed by atoms with Gasteiger partial charge in [-0.1, -0.05) is 0 Å². The Morgan fingerprint density at radius 2 is 2.00 bits per heavy atom. The minimum absolute atomic E-state index is 0.0245. The molecule has 0 fully saturated rings. The van der Waals surface area contributed by atoms with Gasteiger partial charge >= 0.3 is 6.18 Å². The fraction of sp³-hybridized carbons (Fsp3) is 0.300. The van der Waals surface area contributed by atoms with E-state index in [0.29, 0.717) is 5.56 Å². The van der Waals surface area contributed by atoms with Crippen molar-refractivity contribution in [3.05, 3.63) is 34.4 Å². The van der Waals surface area contributed by atoms with Crippen molar-refractivity contribution in [3.8, 4) is 6.07 Å². The molecule has 0 N–H and O–H groups in total. The van der Waals surface area contributed by atoms with Gasteiger partial charge in [0.15, 0.2) is 0 Å². The molecule has 5 heteroatoms. The highest BCUT2D eigenvalue weighted by molar-refractivity contribution is 6.17. The summed E-state index contributed by atoms with van der Waals surface area (Å²) >= 11 is 5.51. The van der Waals surface area contributed by atoms with Crippen LogP contribution in [0.3, 0.4) is 0 Å². The molecular weight excluding hydrogens is 227 g/mol. The largest absolute Gasteiger partial charge is 0.416 e. The number of nitriles is 1. The lowest BCUT2D eigenvalue weighted by molar-refractivity contribution is -0.138. The molecule has 0 bridgehead atoms. The quantitative estimate of drug-likeness (QED) is 0.680. The molecule has 1 nitrogen and oxygen atoms in total. The maximum atomic E-state index is 12.5. The van der Waals surface area contributed by atoms with Crippen LogP contribution < -0.4 is 0 Å². The second kappa shape index (κ2) is 4.11. The SMILES string of the molecule is Cc1c(CCl)cc(C#N)cc1C(F)(F)F. The van der Waals surface area contributed by atoms with Crippen molar-refractivity contribution in [2.45, 2.75) is 19.0 Å². The summed E-state index contributed by atoms with van der Waals surface area (Å²) in [5, 5.41) is 8.58. The molecule has 0 saturated heterocycles. The number of alkyl halides is 4. The first kappa shape index (κ1) is 11.9. The highest BCUT2D eigenvalue weighted by Crippen LogP contribution is 2.34. The Morgan fingerprint density at radius 3 is 2.40 bits per heavy atom. The van der Waals surface area contributed by atoms with E-state index in [2.05, 4.69) is 0 Å². The third-order valence-electron chi connectivity index (χ3n) is 2.09. The lowest BCUT2D eigenvalue weighted by atomic mass is 9.99. The molecule has 15 heavy (non-hydrogen) atoms. The van der Waals surface area contributed by atoms with Crippen LogP contribution in [-0.2, 0) is 12.1 Å². The lowest BCUT2D eigenvalue weighted by Gasteiger charge is -2.13. The molecule has 1 aromatic carbocycles. The van der Waals surface area contributed by atoms with Gasteiger partial charge in [0.05, 0.1) is 17.2 Å². The Labute approximate surface area is 90.1 Å². The molecule has 0 saturated carbocycles. The van der Waals surface area contributed by atoms with Gasteiger partial charge in [-0.2, -0.15) is 18.4 Å². The van der Waals surface area contributed by atoms with Crippen LogP contribution in [0.15, 0.2) is 12.1 Å². The zero-order chi connectivity index (χ0) is 11.6. The minimum Gasteiger partial charge on any atom is -0.192 e. The van der Waals surface area contributed by atoms with E-state index in [9.17, 15) is 13.2 Å². The summed E-state index contributed by atoms with van der Waals surface area (Å²) in [7, 11) is 0. The van der Waals surface area contributed by atoms with E-state index in [1.54, 1.807) is 6.07 Å². The van der Waals surface area contributed by atoms with Crippen LogP contribution in [0.25, 0.3) is 0 Å². The van der Waals surface area contributed by atoms with Crippen LogP contribution in [0, 0.1) is 18.3 Å². The van der Waals surface area contributed by atoms with Crippen LogP contribution >= 0.6 is 11.6 Å². The van der Waals surface area contributed by atoms with Crippen molar-refractivity contribution in [2.24, 2.45) is 0 Å². The number of halogens is 4. The maximum absolute atomic E-state index is 12.5. The smallest absolute Gasteiger partial charge is 0.192 e. The predicted molar refractivity (Wildman–Crippen MR) is 50.5 cm³/mol. The summed E-state index contributed by atoms with van der Waals surface area (Å²) in [4.78, 5) is 0. The molecule has 0 radical (unpaired) electrons. The zero-order valence-electron chi connectivity index (χ0n) is 7.82. The van der Waals surface area contributed by atoms with Gasteiger partial charge < -0.3 is 0 Å². The Balaban J connectivity index is 3.46. The van der Waals surface area contributed by atoms with E-state index in [1.165, 1.54) is 13.0 Å². The summed E-state index contributed by atoms with van der Waals surface area (Å²) < 4.78 is 37.6. The average Bonchev–Trinajstić information content (AvgIpc) is 2.16. The van der Waals surface area contributed by atoms with E-state index >= 15 is 0 Å². The summed E-state index contributed by atoms with van der Waals surface area (Å²) in [5.74, 6) is -0.0373. The minimum atomic E-state index is -4.45. The second-order valence-electron chi connectivity index (χ2n) is 3.05. The van der Waals surface area contributed by atoms with Gasteiger partial charge in [0.25, 0.3) is 0 Å². The molecule has 0 atom stereocenters. The number of hydrogen-bond acceptors (Lipinski definition) is 1. The van der Waals surface area contributed by atoms with E-state index in [0.717, 1.165) is 6.07 Å². The van der Waals surface area contributed by atoms with E-state index in [-0.39, 0.29) is 17.0 Å². The number of nitrogens with zero attached hydrogens (tertiary/aromatic N) is 1. The molecular formula is C10H7ClF3N. The Hall–Kier alpha value is -1.21. The third-order valence-corrected chi connectivity index (χ3v) is 2.38. The Morgan fingerprint density at radius 1 is 1.40 bits per heavy atom. The molecule has 1 rings (SSSR count). The van der Waals surface area contributed by atoms with Crippen molar-refractivity contribution in [1.82, 2.24) is 0 Å². The van der Waals surface area contributed by atoms with Gasteiger partial charge in [-0.3, -0.25) is 0 Å². The molecule has 0 aliphatic carbocycles. The van der Waals surface area contributed by atoms with Crippen LogP contribution in [0.1, 0.15) is 22.3 Å². The molecule has 80 valence electrons. The topological polar surface area (TPSA) is 23.8 Å². The zero-order valence-corrected chi connectivity index (χ0v) is 8.58. The van der Waals surface area contributed by atoms with Crippen molar-refractivity contribution in [3.63, 3.8) is 0 Å². The van der Waals surface area contributed by atoms with E-state index < -0.39 is 11.7 Å². The second-order valence-corrected chi connectivity index (χ2v) is 3.32. The summed E-state index contributed by atoms with van der Waals surface area (Å²) in [6.07, 6.45) is -4.45. The molecule has 0 spiro atoms.